The molecule has 2 saturated heterocycles. The van der Waals surface area contributed by atoms with E-state index in [9.17, 15) is 29.7 Å². The van der Waals surface area contributed by atoms with Crippen LogP contribution in [0.1, 0.15) is 19.4 Å². The maximum atomic E-state index is 13.1. The van der Waals surface area contributed by atoms with Crippen LogP contribution in [0.25, 0.3) is 0 Å². The van der Waals surface area contributed by atoms with Crippen molar-refractivity contribution >= 4 is 23.5 Å². The number of anilines is 1. The molecule has 13 heteroatoms. The number of esters is 1. The Morgan fingerprint density at radius 2 is 1.78 bits per heavy atom. The quantitative estimate of drug-likeness (QED) is 0.245. The molecule has 0 unspecified atom stereocenters. The molecule has 200 valence electrons. The Bertz CT molecular complexity index is 937. The molecule has 13 nitrogen and oxygen atoms in total. The fourth-order valence-corrected chi connectivity index (χ4v) is 4.05. The highest BCUT2D eigenvalue weighted by Gasteiger charge is 2.49. The Labute approximate surface area is 208 Å². The molecule has 2 heterocycles. The van der Waals surface area contributed by atoms with Crippen LogP contribution in [0.4, 0.5) is 5.69 Å². The number of carboxylic acid groups (broad SMARTS) is 1. The Hall–Kier alpha value is -2.97. The van der Waals surface area contributed by atoms with Gasteiger partial charge in [-0.3, -0.25) is 19.3 Å². The van der Waals surface area contributed by atoms with Gasteiger partial charge < -0.3 is 44.9 Å². The van der Waals surface area contributed by atoms with Crippen LogP contribution < -0.4 is 10.1 Å². The number of nitrogens with zero attached hydrogens (tertiary/aromatic N) is 2. The lowest BCUT2D eigenvalue weighted by molar-refractivity contribution is -0.269. The minimum absolute atomic E-state index is 0.0114. The molecule has 2 aliphatic heterocycles. The minimum Gasteiger partial charge on any atom is -0.480 e. The van der Waals surface area contributed by atoms with E-state index in [1.807, 2.05) is 6.92 Å². The molecule has 5 atom stereocenters. The van der Waals surface area contributed by atoms with Gasteiger partial charge in [-0.1, -0.05) is 6.07 Å². The molecule has 0 aromatic heterocycles. The third-order valence-corrected chi connectivity index (χ3v) is 5.95. The molecule has 0 spiro atoms. The second-order valence-corrected chi connectivity index (χ2v) is 8.65. The number of amides is 1. The summed E-state index contributed by atoms with van der Waals surface area (Å²) in [7, 11) is 0. The molecule has 5 N–H and O–H groups in total. The van der Waals surface area contributed by atoms with Gasteiger partial charge in [0.2, 0.25) is 6.29 Å². The van der Waals surface area contributed by atoms with Crippen molar-refractivity contribution in [1.29, 1.82) is 0 Å². The molecule has 0 aliphatic carbocycles. The van der Waals surface area contributed by atoms with Crippen LogP contribution in [0.2, 0.25) is 0 Å². The van der Waals surface area contributed by atoms with Crippen molar-refractivity contribution in [2.24, 2.45) is 0 Å². The average molecular weight is 512 g/mol. The number of carbonyl (C=O) groups excluding carboxylic acids is 2. The monoisotopic (exact) mass is 511 g/mol. The summed E-state index contributed by atoms with van der Waals surface area (Å²) in [6.07, 6.45) is -8.09. The van der Waals surface area contributed by atoms with Crippen LogP contribution >= 0.6 is 0 Å². The largest absolute Gasteiger partial charge is 0.480 e. The summed E-state index contributed by atoms with van der Waals surface area (Å²) in [5, 5.41) is 43.5. The molecule has 0 radical (unpaired) electrons. The standard InChI is InChI=1S/C23H33N3O10/c1-3-24-15-5-4-14(12-34-13(2)27)10-16(15)35-23-20(32)18(30)19(31)21(36-23)22(33)26-8-6-25(7-9-26)11-17(28)29/h4-5,10,18-21,23-24,30-32H,3,6-9,11-12H2,1-2H3,(H,28,29)/t18-,19-,20+,21-,23+/m0/s1. The van der Waals surface area contributed by atoms with Crippen molar-refractivity contribution in [2.45, 2.75) is 51.2 Å². The molecular weight excluding hydrogens is 478 g/mol. The van der Waals surface area contributed by atoms with Crippen molar-refractivity contribution in [3.8, 4) is 5.75 Å². The number of benzene rings is 1. The number of rotatable bonds is 9. The number of nitrogens with one attached hydrogen (secondary N) is 1. The van der Waals surface area contributed by atoms with Crippen LogP contribution in [0.3, 0.4) is 0 Å². The van der Waals surface area contributed by atoms with Crippen LogP contribution in [0.15, 0.2) is 18.2 Å². The van der Waals surface area contributed by atoms with Crippen molar-refractivity contribution in [1.82, 2.24) is 9.80 Å². The van der Waals surface area contributed by atoms with Crippen molar-refractivity contribution in [3.63, 3.8) is 0 Å². The van der Waals surface area contributed by atoms with Crippen LogP contribution in [0, 0.1) is 0 Å². The van der Waals surface area contributed by atoms with E-state index in [2.05, 4.69) is 5.32 Å². The van der Waals surface area contributed by atoms with Gasteiger partial charge in [0.1, 0.15) is 30.7 Å². The molecule has 36 heavy (non-hydrogen) atoms. The van der Waals surface area contributed by atoms with Crippen LogP contribution in [0.5, 0.6) is 5.75 Å². The lowest BCUT2D eigenvalue weighted by atomic mass is 9.97. The lowest BCUT2D eigenvalue weighted by Crippen LogP contribution is -2.64. The number of aliphatic hydroxyl groups excluding tert-OH is 3. The molecule has 3 rings (SSSR count). The zero-order chi connectivity index (χ0) is 26.4. The normalized spacial score (nSPS) is 26.8. The molecular formula is C23H33N3O10. The number of piperazine rings is 1. The van der Waals surface area contributed by atoms with Gasteiger partial charge >= 0.3 is 11.9 Å². The van der Waals surface area contributed by atoms with E-state index in [1.54, 1.807) is 23.1 Å². The first-order valence-corrected chi connectivity index (χ1v) is 11.7. The third kappa shape index (κ3) is 6.83. The zero-order valence-electron chi connectivity index (χ0n) is 20.2. The second kappa shape index (κ2) is 12.3. The summed E-state index contributed by atoms with van der Waals surface area (Å²) >= 11 is 0. The number of hydrogen-bond donors (Lipinski definition) is 5. The summed E-state index contributed by atoms with van der Waals surface area (Å²) in [6.45, 7) is 4.63. The molecule has 1 amide bonds. The molecule has 1 aromatic rings. The SMILES string of the molecule is CCNc1ccc(COC(C)=O)cc1O[C@@H]1O[C@H](C(=O)N2CCN(CC(=O)O)CC2)[C@@H](O)[C@H](O)[C@H]1O. The maximum Gasteiger partial charge on any atom is 0.317 e. The van der Waals surface area contributed by atoms with Gasteiger partial charge in [-0.15, -0.1) is 0 Å². The first-order valence-electron chi connectivity index (χ1n) is 11.7. The molecule has 2 fully saturated rings. The lowest BCUT2D eigenvalue weighted by Gasteiger charge is -2.42. The van der Waals surface area contributed by atoms with E-state index in [-0.39, 0.29) is 32.0 Å². The summed E-state index contributed by atoms with van der Waals surface area (Å²) < 4.78 is 16.5. The Balaban J connectivity index is 1.74. The van der Waals surface area contributed by atoms with E-state index in [1.165, 1.54) is 11.8 Å². The number of aliphatic hydroxyl groups is 3. The number of carbonyl (C=O) groups is 3. The number of ether oxygens (including phenoxy) is 3. The highest BCUT2D eigenvalue weighted by atomic mass is 16.7. The molecule has 1 aromatic carbocycles. The van der Waals surface area contributed by atoms with Crippen molar-refractivity contribution in [3.05, 3.63) is 23.8 Å². The predicted octanol–water partition coefficient (Wildman–Crippen LogP) is -1.40. The van der Waals surface area contributed by atoms with Gasteiger partial charge in [-0.25, -0.2) is 0 Å². The fourth-order valence-electron chi connectivity index (χ4n) is 4.05. The second-order valence-electron chi connectivity index (χ2n) is 8.65. The summed E-state index contributed by atoms with van der Waals surface area (Å²) in [5.41, 5.74) is 1.14. The van der Waals surface area contributed by atoms with Gasteiger partial charge in [0, 0.05) is 39.6 Å². The predicted molar refractivity (Wildman–Crippen MR) is 124 cm³/mol. The highest BCUT2D eigenvalue weighted by molar-refractivity contribution is 5.82. The average Bonchev–Trinajstić information content (AvgIpc) is 2.84. The van der Waals surface area contributed by atoms with E-state index in [4.69, 9.17) is 19.3 Å². The number of aliphatic carboxylic acids is 1. The Morgan fingerprint density at radius 1 is 1.08 bits per heavy atom. The molecule has 0 saturated carbocycles. The maximum absolute atomic E-state index is 13.1. The Kier molecular flexibility index (Phi) is 9.45. The van der Waals surface area contributed by atoms with E-state index >= 15 is 0 Å². The van der Waals surface area contributed by atoms with E-state index < -0.39 is 48.6 Å². The van der Waals surface area contributed by atoms with Crippen LogP contribution in [-0.4, -0.2) is 118 Å². The van der Waals surface area contributed by atoms with Gasteiger partial charge in [0.05, 0.1) is 12.2 Å². The van der Waals surface area contributed by atoms with Gasteiger partial charge in [0.15, 0.2) is 6.10 Å². The minimum atomic E-state index is -1.72. The van der Waals surface area contributed by atoms with Gasteiger partial charge in [0.25, 0.3) is 5.91 Å². The third-order valence-electron chi connectivity index (χ3n) is 5.95. The van der Waals surface area contributed by atoms with Crippen LogP contribution in [-0.2, 0) is 30.5 Å². The summed E-state index contributed by atoms with van der Waals surface area (Å²) in [4.78, 5) is 38.3. The topological polar surface area (TPSA) is 178 Å². The highest BCUT2D eigenvalue weighted by Crippen LogP contribution is 2.31. The number of carboxylic acids is 1. The van der Waals surface area contributed by atoms with E-state index in [0.29, 0.717) is 30.9 Å². The van der Waals surface area contributed by atoms with Crippen molar-refractivity contribution < 1.29 is 49.0 Å². The zero-order valence-corrected chi connectivity index (χ0v) is 20.2. The first kappa shape index (κ1) is 27.6. The van der Waals surface area contributed by atoms with Gasteiger partial charge in [-0.05, 0) is 24.6 Å². The van der Waals surface area contributed by atoms with Gasteiger partial charge in [-0.2, -0.15) is 0 Å². The smallest absolute Gasteiger partial charge is 0.317 e. The Morgan fingerprint density at radius 3 is 2.39 bits per heavy atom. The molecule has 0 bridgehead atoms. The summed E-state index contributed by atoms with van der Waals surface area (Å²) in [5.74, 6) is -1.80. The first-order chi connectivity index (χ1) is 17.1. The fraction of sp³-hybridized carbons (Fsp3) is 0.609. The number of hydrogen-bond acceptors (Lipinski definition) is 11. The van der Waals surface area contributed by atoms with Crippen molar-refractivity contribution in [2.75, 3.05) is 44.6 Å². The molecule has 2 aliphatic rings. The summed E-state index contributed by atoms with van der Waals surface area (Å²) in [6, 6.07) is 4.99. The van der Waals surface area contributed by atoms with E-state index in [0.717, 1.165) is 0 Å².